The van der Waals surface area contributed by atoms with Crippen LogP contribution < -0.4 is 10.1 Å². The molecule has 0 aliphatic carbocycles. The van der Waals surface area contributed by atoms with Crippen molar-refractivity contribution in [3.8, 4) is 5.75 Å². The summed E-state index contributed by atoms with van der Waals surface area (Å²) in [4.78, 5) is 26.6. The Morgan fingerprint density at radius 1 is 1.12 bits per heavy atom. The molecule has 0 spiro atoms. The zero-order valence-corrected chi connectivity index (χ0v) is 18.9. The molecule has 2 amide bonds. The van der Waals surface area contributed by atoms with Gasteiger partial charge in [0.2, 0.25) is 16.9 Å². The van der Waals surface area contributed by atoms with E-state index in [-0.39, 0.29) is 24.1 Å². The average molecular weight is 469 g/mol. The number of para-hydroxylation sites is 1. The van der Waals surface area contributed by atoms with Crippen LogP contribution in [0.25, 0.3) is 0 Å². The number of benzene rings is 2. The van der Waals surface area contributed by atoms with Crippen molar-refractivity contribution in [2.24, 2.45) is 5.92 Å². The summed E-state index contributed by atoms with van der Waals surface area (Å²) in [5.74, 6) is -0.137. The van der Waals surface area contributed by atoms with Crippen LogP contribution in [0.1, 0.15) is 23.4 Å². The van der Waals surface area contributed by atoms with Crippen molar-refractivity contribution >= 4 is 28.3 Å². The molecule has 1 aliphatic rings. The molecule has 33 heavy (non-hydrogen) atoms. The summed E-state index contributed by atoms with van der Waals surface area (Å²) in [6.07, 6.45) is 2.29. The highest BCUT2D eigenvalue weighted by Crippen LogP contribution is 2.22. The van der Waals surface area contributed by atoms with Crippen LogP contribution in [0.2, 0.25) is 0 Å². The van der Waals surface area contributed by atoms with Gasteiger partial charge in [-0.25, -0.2) is 4.39 Å². The van der Waals surface area contributed by atoms with Gasteiger partial charge in [0.1, 0.15) is 16.6 Å². The topological polar surface area (TPSA) is 84.4 Å². The SMILES string of the molecule is O=C(Nc1nnc(CCCOc2ccccc2)s1)C1CC(=O)N(CCc2ccc(F)cc2)C1. The number of aromatic nitrogens is 2. The molecule has 9 heteroatoms. The smallest absolute Gasteiger partial charge is 0.231 e. The number of amides is 2. The summed E-state index contributed by atoms with van der Waals surface area (Å²) in [6.45, 7) is 1.44. The molecule has 0 radical (unpaired) electrons. The predicted octanol–water partition coefficient (Wildman–Crippen LogP) is 3.72. The maximum Gasteiger partial charge on any atom is 0.231 e. The lowest BCUT2D eigenvalue weighted by atomic mass is 10.1. The van der Waals surface area contributed by atoms with Gasteiger partial charge in [-0.2, -0.15) is 0 Å². The van der Waals surface area contributed by atoms with E-state index < -0.39 is 5.92 Å². The van der Waals surface area contributed by atoms with Crippen molar-refractivity contribution in [2.45, 2.75) is 25.7 Å². The summed E-state index contributed by atoms with van der Waals surface area (Å²) >= 11 is 1.34. The number of halogens is 1. The lowest BCUT2D eigenvalue weighted by Gasteiger charge is -2.16. The number of hydrogen-bond acceptors (Lipinski definition) is 6. The first-order valence-electron chi connectivity index (χ1n) is 10.9. The fraction of sp³-hybridized carbons (Fsp3) is 0.333. The van der Waals surface area contributed by atoms with Gasteiger partial charge in [-0.1, -0.05) is 41.7 Å². The van der Waals surface area contributed by atoms with Gasteiger partial charge in [0, 0.05) is 25.9 Å². The van der Waals surface area contributed by atoms with Crippen LogP contribution in [-0.2, 0) is 22.4 Å². The summed E-state index contributed by atoms with van der Waals surface area (Å²) in [6, 6.07) is 15.9. The molecule has 1 N–H and O–H groups in total. The molecule has 1 aromatic heterocycles. The summed E-state index contributed by atoms with van der Waals surface area (Å²) < 4.78 is 18.7. The van der Waals surface area contributed by atoms with Crippen molar-refractivity contribution in [1.29, 1.82) is 0 Å². The Balaban J connectivity index is 1.19. The normalized spacial score (nSPS) is 15.6. The van der Waals surface area contributed by atoms with E-state index >= 15 is 0 Å². The number of rotatable bonds is 10. The van der Waals surface area contributed by atoms with E-state index in [9.17, 15) is 14.0 Å². The Morgan fingerprint density at radius 2 is 1.91 bits per heavy atom. The summed E-state index contributed by atoms with van der Waals surface area (Å²) in [5, 5.41) is 12.2. The highest BCUT2D eigenvalue weighted by molar-refractivity contribution is 7.15. The van der Waals surface area contributed by atoms with E-state index in [2.05, 4.69) is 15.5 Å². The third kappa shape index (κ3) is 6.58. The third-order valence-electron chi connectivity index (χ3n) is 5.41. The Labute approximate surface area is 195 Å². The van der Waals surface area contributed by atoms with Crippen LogP contribution >= 0.6 is 11.3 Å². The predicted molar refractivity (Wildman–Crippen MR) is 124 cm³/mol. The van der Waals surface area contributed by atoms with Crippen LogP contribution in [0.4, 0.5) is 9.52 Å². The third-order valence-corrected chi connectivity index (χ3v) is 6.31. The van der Waals surface area contributed by atoms with Crippen LogP contribution in [0.3, 0.4) is 0 Å². The second-order valence-corrected chi connectivity index (χ2v) is 8.93. The molecule has 1 unspecified atom stereocenters. The minimum absolute atomic E-state index is 0.0476. The highest BCUT2D eigenvalue weighted by Gasteiger charge is 2.34. The van der Waals surface area contributed by atoms with Crippen molar-refractivity contribution < 1.29 is 18.7 Å². The van der Waals surface area contributed by atoms with Crippen molar-refractivity contribution in [3.63, 3.8) is 0 Å². The first-order valence-corrected chi connectivity index (χ1v) is 11.7. The van der Waals surface area contributed by atoms with E-state index in [1.54, 1.807) is 17.0 Å². The molecule has 1 aliphatic heterocycles. The minimum atomic E-state index is -0.419. The second-order valence-electron chi connectivity index (χ2n) is 7.87. The molecule has 4 rings (SSSR count). The van der Waals surface area contributed by atoms with E-state index in [1.165, 1.54) is 23.5 Å². The average Bonchev–Trinajstić information content (AvgIpc) is 3.43. The van der Waals surface area contributed by atoms with Crippen molar-refractivity contribution in [2.75, 3.05) is 25.0 Å². The molecule has 2 heterocycles. The molecule has 1 fully saturated rings. The number of hydrogen-bond donors (Lipinski definition) is 1. The van der Waals surface area contributed by atoms with Crippen LogP contribution in [-0.4, -0.2) is 46.6 Å². The van der Waals surface area contributed by atoms with Crippen molar-refractivity contribution in [1.82, 2.24) is 15.1 Å². The van der Waals surface area contributed by atoms with E-state index in [0.717, 1.165) is 22.7 Å². The Bertz CT molecular complexity index is 1070. The molecule has 0 bridgehead atoms. The molecular formula is C24H25FN4O3S. The molecule has 2 aromatic carbocycles. The van der Waals surface area contributed by atoms with Gasteiger partial charge in [-0.15, -0.1) is 10.2 Å². The molecule has 0 saturated carbocycles. The molecule has 172 valence electrons. The Morgan fingerprint density at radius 3 is 2.70 bits per heavy atom. The monoisotopic (exact) mass is 468 g/mol. The number of aryl methyl sites for hydroxylation is 1. The van der Waals surface area contributed by atoms with Crippen LogP contribution in [0.5, 0.6) is 5.75 Å². The maximum atomic E-state index is 13.0. The Kier molecular flexibility index (Phi) is 7.62. The van der Waals surface area contributed by atoms with E-state index in [1.807, 2.05) is 30.3 Å². The first kappa shape index (κ1) is 22.8. The van der Waals surface area contributed by atoms with E-state index in [0.29, 0.717) is 37.7 Å². The number of nitrogens with zero attached hydrogens (tertiary/aromatic N) is 3. The molecule has 7 nitrogen and oxygen atoms in total. The number of ether oxygens (including phenoxy) is 1. The van der Waals surface area contributed by atoms with Gasteiger partial charge in [0.15, 0.2) is 0 Å². The molecular weight excluding hydrogens is 443 g/mol. The Hall–Kier alpha value is -3.33. The number of carbonyl (C=O) groups excluding carboxylic acids is 2. The van der Waals surface area contributed by atoms with Gasteiger partial charge >= 0.3 is 0 Å². The van der Waals surface area contributed by atoms with Gasteiger partial charge in [0.05, 0.1) is 12.5 Å². The number of anilines is 1. The fourth-order valence-electron chi connectivity index (χ4n) is 3.62. The van der Waals surface area contributed by atoms with Gasteiger partial charge in [-0.3, -0.25) is 9.59 Å². The van der Waals surface area contributed by atoms with Gasteiger partial charge in [-0.05, 0) is 42.7 Å². The van der Waals surface area contributed by atoms with Crippen molar-refractivity contribution in [3.05, 3.63) is 71.0 Å². The summed E-state index contributed by atoms with van der Waals surface area (Å²) in [5.41, 5.74) is 0.952. The lowest BCUT2D eigenvalue weighted by molar-refractivity contribution is -0.128. The number of carbonyl (C=O) groups is 2. The van der Waals surface area contributed by atoms with E-state index in [4.69, 9.17) is 4.74 Å². The minimum Gasteiger partial charge on any atom is -0.494 e. The molecule has 1 atom stereocenters. The fourth-order valence-corrected chi connectivity index (χ4v) is 4.41. The number of likely N-dealkylation sites (tertiary alicyclic amines) is 1. The lowest BCUT2D eigenvalue weighted by Crippen LogP contribution is -2.30. The quantitative estimate of drug-likeness (QED) is 0.459. The number of nitrogens with one attached hydrogen (secondary N) is 1. The standard InChI is InChI=1S/C24H25FN4O3S/c25-19-10-8-17(9-11-19)12-13-29-16-18(15-22(29)30)23(31)26-24-28-27-21(33-24)7-4-14-32-20-5-2-1-3-6-20/h1-3,5-6,8-11,18H,4,7,12-16H2,(H,26,28,31). The van der Waals surface area contributed by atoms with Gasteiger partial charge < -0.3 is 15.0 Å². The summed E-state index contributed by atoms with van der Waals surface area (Å²) in [7, 11) is 0. The maximum absolute atomic E-state index is 13.0. The van der Waals surface area contributed by atoms with Crippen LogP contribution in [0, 0.1) is 11.7 Å². The van der Waals surface area contributed by atoms with Crippen LogP contribution in [0.15, 0.2) is 54.6 Å². The zero-order valence-electron chi connectivity index (χ0n) is 18.1. The molecule has 3 aromatic rings. The second kappa shape index (κ2) is 11.0. The van der Waals surface area contributed by atoms with Gasteiger partial charge in [0.25, 0.3) is 0 Å². The molecule has 1 saturated heterocycles. The largest absolute Gasteiger partial charge is 0.494 e. The zero-order chi connectivity index (χ0) is 23.0. The first-order chi connectivity index (χ1) is 16.1. The highest BCUT2D eigenvalue weighted by atomic mass is 32.1.